The Morgan fingerprint density at radius 1 is 0.900 bits per heavy atom. The molecule has 1 rings (SSSR count). The van der Waals surface area contributed by atoms with Crippen molar-refractivity contribution >= 4 is 5.97 Å². The second-order valence-electron chi connectivity index (χ2n) is 8.52. The summed E-state index contributed by atoms with van der Waals surface area (Å²) in [5, 5.41) is 0. The van der Waals surface area contributed by atoms with Crippen molar-refractivity contribution in [3.8, 4) is 0 Å². The van der Waals surface area contributed by atoms with E-state index in [1.54, 1.807) is 6.26 Å². The van der Waals surface area contributed by atoms with Gasteiger partial charge in [0, 0.05) is 6.42 Å². The summed E-state index contributed by atoms with van der Waals surface area (Å²) >= 11 is 0. The van der Waals surface area contributed by atoms with Gasteiger partial charge in [-0.2, -0.15) is 0 Å². The van der Waals surface area contributed by atoms with Gasteiger partial charge in [-0.1, -0.05) is 83.8 Å². The quantitative estimate of drug-likeness (QED) is 0.121. The van der Waals surface area contributed by atoms with Crippen molar-refractivity contribution in [1.82, 2.24) is 0 Å². The van der Waals surface area contributed by atoms with Crippen molar-refractivity contribution in [3.05, 3.63) is 36.3 Å². The Bertz CT molecular complexity index is 518. The predicted molar refractivity (Wildman–Crippen MR) is 127 cm³/mol. The zero-order valence-corrected chi connectivity index (χ0v) is 19.7. The van der Waals surface area contributed by atoms with Gasteiger partial charge in [0.05, 0.1) is 18.8 Å². The molecule has 0 aromatic carbocycles. The summed E-state index contributed by atoms with van der Waals surface area (Å²) in [5.41, 5.74) is 0. The van der Waals surface area contributed by atoms with E-state index in [4.69, 9.17) is 9.15 Å². The molecule has 30 heavy (non-hydrogen) atoms. The van der Waals surface area contributed by atoms with Crippen molar-refractivity contribution in [1.29, 1.82) is 0 Å². The molecule has 1 aromatic heterocycles. The van der Waals surface area contributed by atoms with Crippen LogP contribution in [-0.2, 0) is 16.0 Å². The van der Waals surface area contributed by atoms with Crippen molar-refractivity contribution in [2.75, 3.05) is 6.61 Å². The van der Waals surface area contributed by atoms with E-state index in [0.29, 0.717) is 13.0 Å². The van der Waals surface area contributed by atoms with Crippen LogP contribution in [0.4, 0.5) is 0 Å². The molecule has 0 saturated carbocycles. The van der Waals surface area contributed by atoms with Gasteiger partial charge in [0.2, 0.25) is 0 Å². The molecule has 0 aliphatic rings. The first-order chi connectivity index (χ1) is 14.8. The van der Waals surface area contributed by atoms with Crippen LogP contribution in [0.15, 0.2) is 35.0 Å². The Morgan fingerprint density at radius 2 is 1.53 bits per heavy atom. The maximum absolute atomic E-state index is 12.4. The summed E-state index contributed by atoms with van der Waals surface area (Å²) in [6, 6.07) is 3.83. The Hall–Kier alpha value is -1.51. The van der Waals surface area contributed by atoms with Gasteiger partial charge < -0.3 is 9.15 Å². The van der Waals surface area contributed by atoms with Crippen LogP contribution in [-0.4, -0.2) is 12.6 Å². The zero-order valence-electron chi connectivity index (χ0n) is 19.7. The van der Waals surface area contributed by atoms with Crippen LogP contribution in [0, 0.1) is 5.92 Å². The van der Waals surface area contributed by atoms with Crippen molar-refractivity contribution in [2.24, 2.45) is 5.92 Å². The van der Waals surface area contributed by atoms with Crippen LogP contribution in [0.3, 0.4) is 0 Å². The molecule has 172 valence electrons. The minimum absolute atomic E-state index is 0.0579. The first-order valence-corrected chi connectivity index (χ1v) is 12.6. The molecule has 0 saturated heterocycles. The summed E-state index contributed by atoms with van der Waals surface area (Å²) < 4.78 is 10.9. The fraction of sp³-hybridized carbons (Fsp3) is 0.741. The molecule has 3 heteroatoms. The lowest BCUT2D eigenvalue weighted by Gasteiger charge is -2.15. The van der Waals surface area contributed by atoms with E-state index in [0.717, 1.165) is 31.4 Å². The van der Waals surface area contributed by atoms with E-state index in [1.165, 1.54) is 70.6 Å². The van der Waals surface area contributed by atoms with Gasteiger partial charge in [-0.15, -0.1) is 0 Å². The molecule has 0 N–H and O–H groups in total. The lowest BCUT2D eigenvalue weighted by atomic mass is 9.96. The summed E-state index contributed by atoms with van der Waals surface area (Å²) in [7, 11) is 0. The number of ether oxygens (including phenoxy) is 1. The Labute approximate surface area is 185 Å². The first kappa shape index (κ1) is 26.5. The van der Waals surface area contributed by atoms with E-state index in [-0.39, 0.29) is 11.9 Å². The predicted octanol–water partition coefficient (Wildman–Crippen LogP) is 8.43. The number of carbonyl (C=O) groups is 1. The molecular formula is C27H46O3. The smallest absolute Gasteiger partial charge is 0.309 e. The molecule has 0 aliphatic heterocycles. The SMILES string of the molecule is CCCCCCCC/C=C\CCCCCCC(Cc1ccco1)C(=O)OCCCC. The van der Waals surface area contributed by atoms with Gasteiger partial charge in [0.25, 0.3) is 0 Å². The number of carbonyl (C=O) groups excluding carboxylic acids is 1. The van der Waals surface area contributed by atoms with E-state index in [1.807, 2.05) is 12.1 Å². The Morgan fingerprint density at radius 3 is 2.17 bits per heavy atom. The molecular weight excluding hydrogens is 372 g/mol. The van der Waals surface area contributed by atoms with Gasteiger partial charge in [0.1, 0.15) is 5.76 Å². The van der Waals surface area contributed by atoms with Crippen molar-refractivity contribution in [3.63, 3.8) is 0 Å². The standard InChI is InChI=1S/C27H46O3/c1-3-5-7-8-9-10-11-12-13-14-15-16-17-18-20-25(24-26-21-19-23-29-26)27(28)30-22-6-4-2/h12-13,19,21,23,25H,3-11,14-18,20,22,24H2,1-2H3/b13-12-. The minimum atomic E-state index is -0.0785. The zero-order chi connectivity index (χ0) is 21.7. The lowest BCUT2D eigenvalue weighted by Crippen LogP contribution is -2.20. The largest absolute Gasteiger partial charge is 0.469 e. The number of allylic oxidation sites excluding steroid dienone is 2. The topological polar surface area (TPSA) is 39.4 Å². The number of hydrogen-bond acceptors (Lipinski definition) is 3. The number of furan rings is 1. The molecule has 1 heterocycles. The molecule has 1 unspecified atom stereocenters. The van der Waals surface area contributed by atoms with Crippen molar-refractivity contribution in [2.45, 2.75) is 117 Å². The van der Waals surface area contributed by atoms with Crippen molar-refractivity contribution < 1.29 is 13.9 Å². The van der Waals surface area contributed by atoms with E-state index in [9.17, 15) is 4.79 Å². The Kier molecular flexibility index (Phi) is 17.2. The highest BCUT2D eigenvalue weighted by Gasteiger charge is 2.21. The normalized spacial score (nSPS) is 12.5. The molecule has 0 radical (unpaired) electrons. The van der Waals surface area contributed by atoms with Gasteiger partial charge in [-0.05, 0) is 50.7 Å². The molecule has 1 atom stereocenters. The van der Waals surface area contributed by atoms with Crippen LogP contribution in [0.5, 0.6) is 0 Å². The number of esters is 1. The van der Waals surface area contributed by atoms with Crippen LogP contribution >= 0.6 is 0 Å². The summed E-state index contributed by atoms with van der Waals surface area (Å²) in [4.78, 5) is 12.4. The average molecular weight is 419 g/mol. The third-order valence-corrected chi connectivity index (χ3v) is 5.67. The van der Waals surface area contributed by atoms with Crippen LogP contribution in [0.2, 0.25) is 0 Å². The number of rotatable bonds is 20. The molecule has 0 amide bonds. The van der Waals surface area contributed by atoms with E-state index < -0.39 is 0 Å². The maximum atomic E-state index is 12.4. The molecule has 1 aromatic rings. The van der Waals surface area contributed by atoms with Gasteiger partial charge in [-0.25, -0.2) is 0 Å². The number of unbranched alkanes of at least 4 members (excludes halogenated alkanes) is 11. The third kappa shape index (κ3) is 14.5. The first-order valence-electron chi connectivity index (χ1n) is 12.6. The highest BCUT2D eigenvalue weighted by molar-refractivity contribution is 5.72. The molecule has 0 aliphatic carbocycles. The second-order valence-corrected chi connectivity index (χ2v) is 8.52. The second kappa shape index (κ2) is 19.5. The summed E-state index contributed by atoms with van der Waals surface area (Å²) in [6.07, 6.45) is 25.3. The van der Waals surface area contributed by atoms with Gasteiger partial charge >= 0.3 is 5.97 Å². The molecule has 0 spiro atoms. The van der Waals surface area contributed by atoms with Crippen LogP contribution < -0.4 is 0 Å². The highest BCUT2D eigenvalue weighted by atomic mass is 16.5. The van der Waals surface area contributed by atoms with E-state index >= 15 is 0 Å². The minimum Gasteiger partial charge on any atom is -0.469 e. The van der Waals surface area contributed by atoms with Gasteiger partial charge in [0.15, 0.2) is 0 Å². The fourth-order valence-corrected chi connectivity index (χ4v) is 3.69. The lowest BCUT2D eigenvalue weighted by molar-refractivity contribution is -0.149. The fourth-order valence-electron chi connectivity index (χ4n) is 3.69. The third-order valence-electron chi connectivity index (χ3n) is 5.67. The highest BCUT2D eigenvalue weighted by Crippen LogP contribution is 2.19. The summed E-state index contributed by atoms with van der Waals surface area (Å²) in [5.74, 6) is 0.741. The molecule has 0 fully saturated rings. The Balaban J connectivity index is 2.10. The summed E-state index contributed by atoms with van der Waals surface area (Å²) in [6.45, 7) is 4.91. The average Bonchev–Trinajstić information content (AvgIpc) is 3.26. The molecule has 3 nitrogen and oxygen atoms in total. The van der Waals surface area contributed by atoms with Crippen LogP contribution in [0.1, 0.15) is 116 Å². The van der Waals surface area contributed by atoms with E-state index in [2.05, 4.69) is 26.0 Å². The monoisotopic (exact) mass is 418 g/mol. The van der Waals surface area contributed by atoms with Gasteiger partial charge in [-0.3, -0.25) is 4.79 Å². The number of hydrogen-bond donors (Lipinski definition) is 0. The molecule has 0 bridgehead atoms. The van der Waals surface area contributed by atoms with Crippen LogP contribution in [0.25, 0.3) is 0 Å². The maximum Gasteiger partial charge on any atom is 0.309 e.